The van der Waals surface area contributed by atoms with E-state index in [-0.39, 0.29) is 11.5 Å². The molecule has 0 fully saturated rings. The molecule has 0 spiro atoms. The molecule has 0 atom stereocenters. The monoisotopic (exact) mass is 207 g/mol. The van der Waals surface area contributed by atoms with Gasteiger partial charge in [0.1, 0.15) is 0 Å². The molecule has 4 heteroatoms. The van der Waals surface area contributed by atoms with Gasteiger partial charge < -0.3 is 10.0 Å². The number of carbonyl (C=O) groups is 2. The fraction of sp³-hybridized carbons (Fsp3) is 0.273. The van der Waals surface area contributed by atoms with E-state index < -0.39 is 5.97 Å². The SMILES string of the molecule is CC(=O)N(C)Cc1ccccc1C(=O)O. The lowest BCUT2D eigenvalue weighted by molar-refractivity contribution is -0.128. The van der Waals surface area contributed by atoms with Crippen molar-refractivity contribution in [1.82, 2.24) is 4.90 Å². The highest BCUT2D eigenvalue weighted by Gasteiger charge is 2.11. The molecule has 0 aliphatic rings. The van der Waals surface area contributed by atoms with Crippen LogP contribution in [0.15, 0.2) is 24.3 Å². The largest absolute Gasteiger partial charge is 0.478 e. The quantitative estimate of drug-likeness (QED) is 0.814. The van der Waals surface area contributed by atoms with Crippen LogP contribution in [0, 0.1) is 0 Å². The predicted octanol–water partition coefficient (Wildman–Crippen LogP) is 1.36. The van der Waals surface area contributed by atoms with Crippen LogP contribution in [-0.4, -0.2) is 28.9 Å². The van der Waals surface area contributed by atoms with Crippen LogP contribution >= 0.6 is 0 Å². The number of carbonyl (C=O) groups excluding carboxylic acids is 1. The number of amides is 1. The van der Waals surface area contributed by atoms with Crippen molar-refractivity contribution in [2.75, 3.05) is 7.05 Å². The molecule has 0 saturated carbocycles. The Morgan fingerprint density at radius 2 is 1.93 bits per heavy atom. The van der Waals surface area contributed by atoms with Gasteiger partial charge >= 0.3 is 5.97 Å². The summed E-state index contributed by atoms with van der Waals surface area (Å²) in [5.74, 6) is -1.06. The van der Waals surface area contributed by atoms with Gasteiger partial charge in [-0.2, -0.15) is 0 Å². The number of aromatic carboxylic acids is 1. The Morgan fingerprint density at radius 1 is 1.33 bits per heavy atom. The predicted molar refractivity (Wildman–Crippen MR) is 55.5 cm³/mol. The van der Waals surface area contributed by atoms with Gasteiger partial charge in [-0.05, 0) is 11.6 Å². The van der Waals surface area contributed by atoms with Crippen molar-refractivity contribution >= 4 is 11.9 Å². The first-order chi connectivity index (χ1) is 7.02. The lowest BCUT2D eigenvalue weighted by Gasteiger charge is -2.15. The Balaban J connectivity index is 2.94. The van der Waals surface area contributed by atoms with Crippen LogP contribution in [0.25, 0.3) is 0 Å². The molecule has 15 heavy (non-hydrogen) atoms. The zero-order chi connectivity index (χ0) is 11.4. The minimum absolute atomic E-state index is 0.0878. The summed E-state index contributed by atoms with van der Waals surface area (Å²) in [6, 6.07) is 6.67. The smallest absolute Gasteiger partial charge is 0.336 e. The number of hydrogen-bond donors (Lipinski definition) is 1. The van der Waals surface area contributed by atoms with Crippen LogP contribution in [0.3, 0.4) is 0 Å². The van der Waals surface area contributed by atoms with E-state index >= 15 is 0 Å². The van der Waals surface area contributed by atoms with Crippen LogP contribution in [0.1, 0.15) is 22.8 Å². The van der Waals surface area contributed by atoms with E-state index in [9.17, 15) is 9.59 Å². The van der Waals surface area contributed by atoms with Gasteiger partial charge in [-0.15, -0.1) is 0 Å². The summed E-state index contributed by atoms with van der Waals surface area (Å²) in [7, 11) is 1.64. The van der Waals surface area contributed by atoms with E-state index in [0.717, 1.165) is 0 Å². The maximum atomic E-state index is 11.0. The molecule has 1 rings (SSSR count). The second-order valence-electron chi connectivity index (χ2n) is 3.34. The summed E-state index contributed by atoms with van der Waals surface area (Å²) in [6.45, 7) is 1.77. The van der Waals surface area contributed by atoms with Gasteiger partial charge in [0.2, 0.25) is 5.91 Å². The van der Waals surface area contributed by atoms with Gasteiger partial charge in [-0.3, -0.25) is 4.79 Å². The van der Waals surface area contributed by atoms with E-state index in [4.69, 9.17) is 5.11 Å². The molecule has 0 aromatic heterocycles. The molecule has 1 aromatic carbocycles. The highest BCUT2D eigenvalue weighted by atomic mass is 16.4. The molecule has 0 aliphatic carbocycles. The summed E-state index contributed by atoms with van der Waals surface area (Å²) in [5.41, 5.74) is 0.883. The second kappa shape index (κ2) is 4.59. The molecule has 0 unspecified atom stereocenters. The van der Waals surface area contributed by atoms with E-state index in [1.54, 1.807) is 25.2 Å². The Labute approximate surface area is 88.1 Å². The molecule has 0 bridgehead atoms. The lowest BCUT2D eigenvalue weighted by Crippen LogP contribution is -2.24. The van der Waals surface area contributed by atoms with Crippen molar-refractivity contribution in [2.45, 2.75) is 13.5 Å². The summed E-state index contributed by atoms with van der Waals surface area (Å²) >= 11 is 0. The Bertz CT molecular complexity index is 387. The molecule has 0 saturated heterocycles. The van der Waals surface area contributed by atoms with Gasteiger partial charge in [-0.1, -0.05) is 18.2 Å². The summed E-state index contributed by atoms with van der Waals surface area (Å²) < 4.78 is 0. The topological polar surface area (TPSA) is 57.6 Å². The number of hydrogen-bond acceptors (Lipinski definition) is 2. The molecular weight excluding hydrogens is 194 g/mol. The molecule has 0 radical (unpaired) electrons. The van der Waals surface area contributed by atoms with E-state index in [1.807, 2.05) is 0 Å². The normalized spacial score (nSPS) is 9.73. The van der Waals surface area contributed by atoms with Crippen molar-refractivity contribution in [1.29, 1.82) is 0 Å². The fourth-order valence-electron chi connectivity index (χ4n) is 1.23. The molecule has 0 heterocycles. The van der Waals surface area contributed by atoms with E-state index in [1.165, 1.54) is 17.9 Å². The molecule has 4 nitrogen and oxygen atoms in total. The molecule has 0 aliphatic heterocycles. The summed E-state index contributed by atoms with van der Waals surface area (Å²) in [6.07, 6.45) is 0. The third kappa shape index (κ3) is 2.80. The number of carboxylic acid groups (broad SMARTS) is 1. The van der Waals surface area contributed by atoms with Crippen molar-refractivity contribution in [3.63, 3.8) is 0 Å². The van der Waals surface area contributed by atoms with Gasteiger partial charge in [0.15, 0.2) is 0 Å². The standard InChI is InChI=1S/C11H13NO3/c1-8(13)12(2)7-9-5-3-4-6-10(9)11(14)15/h3-6H,7H2,1-2H3,(H,14,15). The van der Waals surface area contributed by atoms with Crippen LogP contribution in [0.5, 0.6) is 0 Å². The minimum Gasteiger partial charge on any atom is -0.478 e. The van der Waals surface area contributed by atoms with Crippen LogP contribution in [0.4, 0.5) is 0 Å². The second-order valence-corrected chi connectivity index (χ2v) is 3.34. The molecular formula is C11H13NO3. The summed E-state index contributed by atoms with van der Waals surface area (Å²) in [4.78, 5) is 23.4. The maximum Gasteiger partial charge on any atom is 0.336 e. The first kappa shape index (κ1) is 11.2. The van der Waals surface area contributed by atoms with E-state index in [0.29, 0.717) is 12.1 Å². The third-order valence-corrected chi connectivity index (χ3v) is 2.19. The van der Waals surface area contributed by atoms with Crippen LogP contribution in [0.2, 0.25) is 0 Å². The number of rotatable bonds is 3. The summed E-state index contributed by atoms with van der Waals surface area (Å²) in [5, 5.41) is 8.91. The zero-order valence-corrected chi connectivity index (χ0v) is 8.73. The highest BCUT2D eigenvalue weighted by molar-refractivity contribution is 5.89. The van der Waals surface area contributed by atoms with Gasteiger partial charge in [0.25, 0.3) is 0 Å². The van der Waals surface area contributed by atoms with E-state index in [2.05, 4.69) is 0 Å². The average Bonchev–Trinajstić information content (AvgIpc) is 2.18. The third-order valence-electron chi connectivity index (χ3n) is 2.19. The molecule has 1 aromatic rings. The van der Waals surface area contributed by atoms with Gasteiger partial charge in [0.05, 0.1) is 5.56 Å². The minimum atomic E-state index is -0.970. The van der Waals surface area contributed by atoms with Crippen molar-refractivity contribution in [2.24, 2.45) is 0 Å². The maximum absolute atomic E-state index is 11.0. The highest BCUT2D eigenvalue weighted by Crippen LogP contribution is 2.10. The lowest BCUT2D eigenvalue weighted by atomic mass is 10.1. The Kier molecular flexibility index (Phi) is 3.44. The Hall–Kier alpha value is -1.84. The first-order valence-corrected chi connectivity index (χ1v) is 4.55. The molecule has 80 valence electrons. The molecule has 1 N–H and O–H groups in total. The Morgan fingerprint density at radius 3 is 2.47 bits per heavy atom. The van der Waals surface area contributed by atoms with Crippen molar-refractivity contribution in [3.8, 4) is 0 Å². The fourth-order valence-corrected chi connectivity index (χ4v) is 1.23. The number of carboxylic acids is 1. The zero-order valence-electron chi connectivity index (χ0n) is 8.73. The van der Waals surface area contributed by atoms with Crippen LogP contribution < -0.4 is 0 Å². The van der Waals surface area contributed by atoms with Gasteiger partial charge in [0, 0.05) is 20.5 Å². The average molecular weight is 207 g/mol. The van der Waals surface area contributed by atoms with Gasteiger partial charge in [-0.25, -0.2) is 4.79 Å². The molecule has 1 amide bonds. The first-order valence-electron chi connectivity index (χ1n) is 4.55. The van der Waals surface area contributed by atoms with Crippen LogP contribution in [-0.2, 0) is 11.3 Å². The van der Waals surface area contributed by atoms with Crippen molar-refractivity contribution < 1.29 is 14.7 Å². The number of benzene rings is 1. The van der Waals surface area contributed by atoms with Crippen molar-refractivity contribution in [3.05, 3.63) is 35.4 Å². The number of nitrogens with zero attached hydrogens (tertiary/aromatic N) is 1.